The summed E-state index contributed by atoms with van der Waals surface area (Å²) >= 11 is 0. The van der Waals surface area contributed by atoms with E-state index >= 15 is 0 Å². The zero-order valence-electron chi connectivity index (χ0n) is 11.3. The maximum Gasteiger partial charge on any atom is 0.119 e. The Morgan fingerprint density at radius 1 is 1.33 bits per heavy atom. The lowest BCUT2D eigenvalue weighted by Gasteiger charge is -2.10. The molecule has 1 rings (SSSR count). The Hall–Kier alpha value is -1.53. The third-order valence-electron chi connectivity index (χ3n) is 2.56. The molecule has 18 heavy (non-hydrogen) atoms. The van der Waals surface area contributed by atoms with Gasteiger partial charge < -0.3 is 10.1 Å². The Morgan fingerprint density at radius 3 is 2.89 bits per heavy atom. The maximum absolute atomic E-state index is 8.43. The van der Waals surface area contributed by atoms with Crippen molar-refractivity contribution < 1.29 is 4.74 Å². The Kier molecular flexibility index (Phi) is 6.90. The average Bonchev–Trinajstić information content (AvgIpc) is 2.37. The summed E-state index contributed by atoms with van der Waals surface area (Å²) in [7, 11) is 0. The molecule has 98 valence electrons. The molecule has 0 saturated carbocycles. The van der Waals surface area contributed by atoms with E-state index in [1.54, 1.807) is 0 Å². The first kappa shape index (κ1) is 14.5. The highest BCUT2D eigenvalue weighted by Gasteiger charge is 1.98. The highest BCUT2D eigenvalue weighted by Crippen LogP contribution is 2.14. The van der Waals surface area contributed by atoms with Crippen LogP contribution in [0.3, 0.4) is 0 Å². The van der Waals surface area contributed by atoms with Gasteiger partial charge in [0, 0.05) is 19.0 Å². The largest absolute Gasteiger partial charge is 0.494 e. The van der Waals surface area contributed by atoms with Crippen LogP contribution in [0, 0.1) is 11.3 Å². The topological polar surface area (TPSA) is 45.0 Å². The van der Waals surface area contributed by atoms with Gasteiger partial charge in [0.25, 0.3) is 0 Å². The van der Waals surface area contributed by atoms with Crippen molar-refractivity contribution in [2.24, 2.45) is 0 Å². The summed E-state index contributed by atoms with van der Waals surface area (Å²) in [6, 6.07) is 10.8. The molecule has 3 heteroatoms. The number of rotatable bonds is 8. The monoisotopic (exact) mass is 246 g/mol. The van der Waals surface area contributed by atoms with E-state index in [4.69, 9.17) is 10.00 Å². The minimum absolute atomic E-state index is 0.487. The van der Waals surface area contributed by atoms with Crippen LogP contribution >= 0.6 is 0 Å². The first-order valence-corrected chi connectivity index (χ1v) is 6.54. The number of hydrogen-bond acceptors (Lipinski definition) is 3. The van der Waals surface area contributed by atoms with Crippen molar-refractivity contribution >= 4 is 0 Å². The SMILES string of the molecule is CC(C)NCc1cccc(OCCCCC#N)c1. The first-order chi connectivity index (χ1) is 8.72. The van der Waals surface area contributed by atoms with E-state index in [9.17, 15) is 0 Å². The molecule has 3 nitrogen and oxygen atoms in total. The van der Waals surface area contributed by atoms with Gasteiger partial charge in [0.05, 0.1) is 12.7 Å². The van der Waals surface area contributed by atoms with Crippen LogP contribution in [0.2, 0.25) is 0 Å². The Morgan fingerprint density at radius 2 is 2.17 bits per heavy atom. The second kappa shape index (κ2) is 8.54. The normalized spacial score (nSPS) is 10.3. The predicted octanol–water partition coefficient (Wildman–Crippen LogP) is 3.26. The molecule has 1 aromatic rings. The standard InChI is InChI=1S/C15H22N2O/c1-13(2)17-12-14-7-6-8-15(11-14)18-10-5-3-4-9-16/h6-8,11,13,17H,3-5,10,12H2,1-2H3. The summed E-state index contributed by atoms with van der Waals surface area (Å²) < 4.78 is 5.66. The van der Waals surface area contributed by atoms with E-state index in [1.807, 2.05) is 12.1 Å². The zero-order valence-corrected chi connectivity index (χ0v) is 11.3. The number of nitrogens with zero attached hydrogens (tertiary/aromatic N) is 1. The molecular formula is C15H22N2O. The van der Waals surface area contributed by atoms with Crippen LogP contribution in [-0.4, -0.2) is 12.6 Å². The van der Waals surface area contributed by atoms with Crippen LogP contribution in [0.4, 0.5) is 0 Å². The first-order valence-electron chi connectivity index (χ1n) is 6.54. The summed E-state index contributed by atoms with van der Waals surface area (Å²) in [6.45, 7) is 5.82. The lowest BCUT2D eigenvalue weighted by Crippen LogP contribution is -2.21. The van der Waals surface area contributed by atoms with Crippen molar-refractivity contribution in [3.05, 3.63) is 29.8 Å². The smallest absolute Gasteiger partial charge is 0.119 e. The van der Waals surface area contributed by atoms with Gasteiger partial charge in [0.1, 0.15) is 5.75 Å². The number of nitrogens with one attached hydrogen (secondary N) is 1. The molecule has 0 atom stereocenters. The van der Waals surface area contributed by atoms with Crippen molar-refractivity contribution in [1.29, 1.82) is 5.26 Å². The fraction of sp³-hybridized carbons (Fsp3) is 0.533. The van der Waals surface area contributed by atoms with Gasteiger partial charge in [-0.2, -0.15) is 5.26 Å². The van der Waals surface area contributed by atoms with Gasteiger partial charge in [-0.1, -0.05) is 26.0 Å². The van der Waals surface area contributed by atoms with E-state index in [0.29, 0.717) is 19.1 Å². The van der Waals surface area contributed by atoms with Crippen molar-refractivity contribution in [1.82, 2.24) is 5.32 Å². The summed E-state index contributed by atoms with van der Waals surface area (Å²) in [6.07, 6.45) is 2.45. The van der Waals surface area contributed by atoms with Gasteiger partial charge in [0.2, 0.25) is 0 Å². The summed E-state index contributed by atoms with van der Waals surface area (Å²) in [5.41, 5.74) is 1.23. The Balaban J connectivity index is 2.33. The van der Waals surface area contributed by atoms with Crippen molar-refractivity contribution in [3.63, 3.8) is 0 Å². The van der Waals surface area contributed by atoms with E-state index in [1.165, 1.54) is 5.56 Å². The average molecular weight is 246 g/mol. The van der Waals surface area contributed by atoms with Crippen molar-refractivity contribution in [2.45, 2.75) is 45.7 Å². The molecule has 0 aliphatic rings. The molecule has 0 bridgehead atoms. The van der Waals surface area contributed by atoms with E-state index in [-0.39, 0.29) is 0 Å². The van der Waals surface area contributed by atoms with Crippen LogP contribution in [0.15, 0.2) is 24.3 Å². The molecule has 0 spiro atoms. The molecule has 0 aliphatic heterocycles. The van der Waals surface area contributed by atoms with Gasteiger partial charge in [-0.15, -0.1) is 0 Å². The summed E-state index contributed by atoms with van der Waals surface area (Å²) in [5, 5.41) is 11.8. The molecule has 0 amide bonds. The van der Waals surface area contributed by atoms with Gasteiger partial charge in [0.15, 0.2) is 0 Å². The highest BCUT2D eigenvalue weighted by molar-refractivity contribution is 5.28. The van der Waals surface area contributed by atoms with Crippen LogP contribution < -0.4 is 10.1 Å². The van der Waals surface area contributed by atoms with E-state index in [0.717, 1.165) is 25.1 Å². The summed E-state index contributed by atoms with van der Waals surface area (Å²) in [4.78, 5) is 0. The third-order valence-corrected chi connectivity index (χ3v) is 2.56. The van der Waals surface area contributed by atoms with E-state index < -0.39 is 0 Å². The second-order valence-electron chi connectivity index (χ2n) is 4.65. The summed E-state index contributed by atoms with van der Waals surface area (Å²) in [5.74, 6) is 0.912. The number of hydrogen-bond donors (Lipinski definition) is 1. The Labute approximate surface area is 110 Å². The number of ether oxygens (including phenoxy) is 1. The minimum atomic E-state index is 0.487. The molecule has 0 saturated heterocycles. The molecule has 0 radical (unpaired) electrons. The fourth-order valence-electron chi connectivity index (χ4n) is 1.56. The van der Waals surface area contributed by atoms with Crippen molar-refractivity contribution in [2.75, 3.05) is 6.61 Å². The molecule has 1 aromatic carbocycles. The van der Waals surface area contributed by atoms with Crippen LogP contribution in [0.25, 0.3) is 0 Å². The van der Waals surface area contributed by atoms with Gasteiger partial charge in [-0.25, -0.2) is 0 Å². The minimum Gasteiger partial charge on any atom is -0.494 e. The molecule has 0 aliphatic carbocycles. The van der Waals surface area contributed by atoms with Crippen LogP contribution in [0.1, 0.15) is 38.7 Å². The second-order valence-corrected chi connectivity index (χ2v) is 4.65. The molecule has 0 fully saturated rings. The van der Waals surface area contributed by atoms with Crippen LogP contribution in [0.5, 0.6) is 5.75 Å². The van der Waals surface area contributed by atoms with E-state index in [2.05, 4.69) is 37.4 Å². The number of benzene rings is 1. The Bertz CT molecular complexity index is 382. The quantitative estimate of drug-likeness (QED) is 0.716. The predicted molar refractivity (Wildman–Crippen MR) is 73.4 cm³/mol. The maximum atomic E-state index is 8.43. The third kappa shape index (κ3) is 6.27. The molecular weight excluding hydrogens is 224 g/mol. The number of nitriles is 1. The molecule has 0 heterocycles. The lowest BCUT2D eigenvalue weighted by molar-refractivity contribution is 0.307. The molecule has 1 N–H and O–H groups in total. The highest BCUT2D eigenvalue weighted by atomic mass is 16.5. The number of unbranched alkanes of at least 4 members (excludes halogenated alkanes) is 2. The lowest BCUT2D eigenvalue weighted by atomic mass is 10.2. The zero-order chi connectivity index (χ0) is 13.2. The van der Waals surface area contributed by atoms with Crippen LogP contribution in [-0.2, 0) is 6.54 Å². The molecule has 0 aromatic heterocycles. The fourth-order valence-corrected chi connectivity index (χ4v) is 1.56. The van der Waals surface area contributed by atoms with Crippen molar-refractivity contribution in [3.8, 4) is 11.8 Å². The van der Waals surface area contributed by atoms with Gasteiger partial charge in [-0.05, 0) is 30.5 Å². The van der Waals surface area contributed by atoms with Gasteiger partial charge in [-0.3, -0.25) is 0 Å². The molecule has 0 unspecified atom stereocenters. The van der Waals surface area contributed by atoms with Gasteiger partial charge >= 0.3 is 0 Å².